The highest BCUT2D eigenvalue weighted by Crippen LogP contribution is 2.45. The molecule has 3 aromatic carbocycles. The van der Waals surface area contributed by atoms with Gasteiger partial charge < -0.3 is 35.1 Å². The Hall–Kier alpha value is -4.77. The van der Waals surface area contributed by atoms with Crippen LogP contribution in [0, 0.1) is 0 Å². The van der Waals surface area contributed by atoms with Crippen molar-refractivity contribution < 1.29 is 38.8 Å². The van der Waals surface area contributed by atoms with Gasteiger partial charge in [-0.2, -0.15) is 0 Å². The molecule has 3 unspecified atom stereocenters. The zero-order valence-corrected chi connectivity index (χ0v) is 25.9. The molecule has 10 heteroatoms. The van der Waals surface area contributed by atoms with Gasteiger partial charge in [0.15, 0.2) is 5.79 Å². The van der Waals surface area contributed by atoms with Crippen LogP contribution < -0.4 is 10.6 Å². The fourth-order valence-corrected chi connectivity index (χ4v) is 6.37. The van der Waals surface area contributed by atoms with E-state index in [2.05, 4.69) is 10.6 Å². The highest BCUT2D eigenvalue weighted by atomic mass is 16.8. The summed E-state index contributed by atoms with van der Waals surface area (Å²) in [5, 5.41) is 24.3. The molecular formula is C37H38N2O8. The molecule has 244 valence electrons. The maximum atomic E-state index is 13.7. The molecule has 0 saturated carbocycles. The van der Waals surface area contributed by atoms with Crippen molar-refractivity contribution in [2.45, 2.75) is 56.2 Å². The van der Waals surface area contributed by atoms with Crippen LogP contribution in [0.1, 0.15) is 45.5 Å². The summed E-state index contributed by atoms with van der Waals surface area (Å²) in [6, 6.07) is 22.2. The second-order valence-corrected chi connectivity index (χ2v) is 11.9. The van der Waals surface area contributed by atoms with Crippen molar-refractivity contribution in [1.29, 1.82) is 0 Å². The molecule has 1 spiro atoms. The summed E-state index contributed by atoms with van der Waals surface area (Å²) >= 11 is 0. The summed E-state index contributed by atoms with van der Waals surface area (Å²) in [6.07, 6.45) is 5.09. The first kappa shape index (κ1) is 32.2. The molecule has 1 aliphatic heterocycles. The van der Waals surface area contributed by atoms with Gasteiger partial charge in [-0.3, -0.25) is 9.59 Å². The molecule has 2 amide bonds. The molecule has 47 heavy (non-hydrogen) atoms. The Labute approximate surface area is 273 Å². The number of ether oxygens (including phenoxy) is 3. The van der Waals surface area contributed by atoms with Gasteiger partial charge >= 0.3 is 5.97 Å². The number of aromatic hydroxyl groups is 1. The Morgan fingerprint density at radius 3 is 2.40 bits per heavy atom. The van der Waals surface area contributed by atoms with Gasteiger partial charge in [0.25, 0.3) is 0 Å². The van der Waals surface area contributed by atoms with E-state index in [9.17, 15) is 19.5 Å². The van der Waals surface area contributed by atoms with Gasteiger partial charge in [-0.15, -0.1) is 0 Å². The lowest BCUT2D eigenvalue weighted by molar-refractivity contribution is -0.172. The molecule has 6 rings (SSSR count). The SMILES string of the molecule is O=C(CCNC(=O)C1=CC2OC3(Cc4ccccc4C3)OC2C(OC(=O)c2ccccc2C=CCc2ccccc2O)C1)NCCO. The molecule has 0 aromatic heterocycles. The van der Waals surface area contributed by atoms with Gasteiger partial charge in [0.2, 0.25) is 11.8 Å². The molecule has 1 saturated heterocycles. The topological polar surface area (TPSA) is 143 Å². The molecule has 0 bridgehead atoms. The van der Waals surface area contributed by atoms with Crippen molar-refractivity contribution in [2.75, 3.05) is 19.7 Å². The van der Waals surface area contributed by atoms with E-state index >= 15 is 0 Å². The maximum Gasteiger partial charge on any atom is 0.339 e. The quantitative estimate of drug-likeness (QED) is 0.234. The van der Waals surface area contributed by atoms with Crippen LogP contribution in [0.15, 0.2) is 90.5 Å². The fourth-order valence-electron chi connectivity index (χ4n) is 6.37. The van der Waals surface area contributed by atoms with Crippen molar-refractivity contribution in [3.8, 4) is 5.75 Å². The molecule has 3 atom stereocenters. The summed E-state index contributed by atoms with van der Waals surface area (Å²) in [4.78, 5) is 38.9. The van der Waals surface area contributed by atoms with Crippen molar-refractivity contribution >= 4 is 23.9 Å². The lowest BCUT2D eigenvalue weighted by Gasteiger charge is -2.30. The van der Waals surface area contributed by atoms with E-state index in [0.717, 1.165) is 16.7 Å². The van der Waals surface area contributed by atoms with E-state index < -0.39 is 30.1 Å². The summed E-state index contributed by atoms with van der Waals surface area (Å²) in [7, 11) is 0. The molecule has 0 radical (unpaired) electrons. The number of phenolic OH excluding ortho intramolecular Hbond substituents is 1. The minimum absolute atomic E-state index is 0.0542. The number of benzene rings is 3. The van der Waals surface area contributed by atoms with E-state index in [-0.39, 0.29) is 50.1 Å². The second kappa shape index (κ2) is 14.3. The van der Waals surface area contributed by atoms with Crippen LogP contribution in [0.25, 0.3) is 6.08 Å². The molecule has 3 aromatic rings. The molecular weight excluding hydrogens is 600 g/mol. The van der Waals surface area contributed by atoms with Crippen LogP contribution in [0.4, 0.5) is 0 Å². The number of aliphatic hydroxyl groups excluding tert-OH is 1. The number of nitrogens with one attached hydrogen (secondary N) is 2. The van der Waals surface area contributed by atoms with Crippen molar-refractivity contribution in [3.63, 3.8) is 0 Å². The number of amides is 2. The van der Waals surface area contributed by atoms with E-state index in [1.165, 1.54) is 0 Å². The predicted molar refractivity (Wildman–Crippen MR) is 173 cm³/mol. The van der Waals surface area contributed by atoms with E-state index in [0.29, 0.717) is 36.0 Å². The van der Waals surface area contributed by atoms with Crippen LogP contribution >= 0.6 is 0 Å². The minimum atomic E-state index is -0.930. The minimum Gasteiger partial charge on any atom is -0.508 e. The average molecular weight is 639 g/mol. The van der Waals surface area contributed by atoms with Crippen LogP contribution in [-0.4, -0.2) is 71.8 Å². The number of allylic oxidation sites excluding steroid dienone is 1. The third kappa shape index (κ3) is 7.46. The summed E-state index contributed by atoms with van der Waals surface area (Å²) in [5.41, 5.74) is 4.42. The molecule has 1 heterocycles. The smallest absolute Gasteiger partial charge is 0.339 e. The highest BCUT2D eigenvalue weighted by molar-refractivity contribution is 5.95. The number of fused-ring (bicyclic) bond motifs is 2. The maximum absolute atomic E-state index is 13.7. The zero-order valence-electron chi connectivity index (χ0n) is 25.9. The van der Waals surface area contributed by atoms with Crippen LogP contribution in [0.3, 0.4) is 0 Å². The number of para-hydroxylation sites is 1. The third-order valence-corrected chi connectivity index (χ3v) is 8.65. The number of carbonyl (C=O) groups is 3. The molecule has 4 N–H and O–H groups in total. The Morgan fingerprint density at radius 2 is 1.64 bits per heavy atom. The standard InChI is InChI=1S/C37H38N2O8/c40-19-18-38-33(42)16-17-39-35(43)28-20-31(34-32(21-28)46-37(47-34)22-26-10-1-2-11-27(26)23-37)45-36(44)29-14-5-3-8-24(29)12-7-13-25-9-4-6-15-30(25)41/h1-12,14-15,21,31-32,34,40-41H,13,16-20,22-23H2,(H,38,42)(H,39,43). The average Bonchev–Trinajstić information content (AvgIpc) is 3.62. The summed E-state index contributed by atoms with van der Waals surface area (Å²) in [5.74, 6) is -1.95. The summed E-state index contributed by atoms with van der Waals surface area (Å²) in [6.45, 7) is 0.0803. The lowest BCUT2D eigenvalue weighted by Crippen LogP contribution is -2.44. The third-order valence-electron chi connectivity index (χ3n) is 8.65. The van der Waals surface area contributed by atoms with Gasteiger partial charge in [-0.1, -0.05) is 72.8 Å². The Bertz CT molecular complexity index is 1670. The highest BCUT2D eigenvalue weighted by Gasteiger charge is 2.55. The first-order valence-corrected chi connectivity index (χ1v) is 15.9. The van der Waals surface area contributed by atoms with E-state index in [4.69, 9.17) is 19.3 Å². The number of hydrogen-bond donors (Lipinski definition) is 4. The monoisotopic (exact) mass is 638 g/mol. The van der Waals surface area contributed by atoms with Gasteiger partial charge in [-0.25, -0.2) is 4.79 Å². The Kier molecular flexibility index (Phi) is 9.81. The lowest BCUT2D eigenvalue weighted by atomic mass is 9.91. The van der Waals surface area contributed by atoms with Crippen molar-refractivity contribution in [1.82, 2.24) is 10.6 Å². The predicted octanol–water partition coefficient (Wildman–Crippen LogP) is 3.40. The van der Waals surface area contributed by atoms with Gasteiger partial charge in [0.1, 0.15) is 24.1 Å². The van der Waals surface area contributed by atoms with Crippen molar-refractivity contribution in [2.24, 2.45) is 0 Å². The van der Waals surface area contributed by atoms with E-state index in [1.807, 2.05) is 60.7 Å². The largest absolute Gasteiger partial charge is 0.508 e. The van der Waals surface area contributed by atoms with Crippen LogP contribution in [0.5, 0.6) is 5.75 Å². The Morgan fingerprint density at radius 1 is 0.915 bits per heavy atom. The molecule has 3 aliphatic rings. The summed E-state index contributed by atoms with van der Waals surface area (Å²) < 4.78 is 19.2. The Balaban J connectivity index is 1.19. The molecule has 1 fully saturated rings. The van der Waals surface area contributed by atoms with Gasteiger partial charge in [0, 0.05) is 44.3 Å². The number of aliphatic hydroxyl groups is 1. The molecule has 2 aliphatic carbocycles. The number of rotatable bonds is 11. The van der Waals surface area contributed by atoms with Gasteiger partial charge in [0.05, 0.1) is 12.2 Å². The van der Waals surface area contributed by atoms with Crippen LogP contribution in [-0.2, 0) is 43.1 Å². The first-order chi connectivity index (χ1) is 22.8. The van der Waals surface area contributed by atoms with Crippen LogP contribution in [0.2, 0.25) is 0 Å². The molecule has 10 nitrogen and oxygen atoms in total. The first-order valence-electron chi connectivity index (χ1n) is 15.9. The number of hydrogen-bond acceptors (Lipinski definition) is 8. The van der Waals surface area contributed by atoms with E-state index in [1.54, 1.807) is 30.3 Å². The second-order valence-electron chi connectivity index (χ2n) is 11.9. The number of phenols is 1. The zero-order chi connectivity index (χ0) is 32.8. The van der Waals surface area contributed by atoms with Crippen molar-refractivity contribution in [3.05, 3.63) is 118 Å². The van der Waals surface area contributed by atoms with Gasteiger partial charge in [-0.05, 0) is 46.9 Å². The number of carbonyl (C=O) groups excluding carboxylic acids is 3. The number of esters is 1. The normalized spacial score (nSPS) is 20.8. The fraction of sp³-hybridized carbons (Fsp3) is 0.324.